The van der Waals surface area contributed by atoms with Crippen LogP contribution in [0.2, 0.25) is 0 Å². The maximum absolute atomic E-state index is 12.6. The maximum Gasteiger partial charge on any atom is 0.472 e. The van der Waals surface area contributed by atoms with Crippen molar-refractivity contribution in [2.75, 3.05) is 26.4 Å². The van der Waals surface area contributed by atoms with Gasteiger partial charge in [-0.2, -0.15) is 0 Å². The third kappa shape index (κ3) is 43.3. The largest absolute Gasteiger partial charge is 0.472 e. The van der Waals surface area contributed by atoms with Crippen LogP contribution in [0.25, 0.3) is 0 Å². The molecule has 0 radical (unpaired) electrons. The highest BCUT2D eigenvalue weighted by Gasteiger charge is 2.25. The monoisotopic (exact) mass is 876 g/mol. The summed E-state index contributed by atoms with van der Waals surface area (Å²) in [7, 11) is -4.44. The van der Waals surface area contributed by atoms with E-state index in [4.69, 9.17) is 24.3 Å². The highest BCUT2D eigenvalue weighted by Crippen LogP contribution is 2.43. The second kappa shape index (κ2) is 43.5. The van der Waals surface area contributed by atoms with Crippen molar-refractivity contribution in [1.82, 2.24) is 0 Å². The Bertz CT molecular complexity index is 1350. The molecular weight excluding hydrogens is 794 g/mol. The SMILES string of the molecule is CC/C=C\C[C@H](O)/C=C/C=C\C=C\[C@H](O)C/C=C\C/C=C\CCC(=O)O[C@H](COC(=O)CCCCCCCCCCC/C=C\C/C=C\CCCCC)COP(=O)(O)OCCN. The van der Waals surface area contributed by atoms with Crippen LogP contribution < -0.4 is 5.73 Å². The minimum Gasteiger partial charge on any atom is -0.462 e. The number of aliphatic hydroxyl groups is 2. The van der Waals surface area contributed by atoms with Crippen LogP contribution in [0.15, 0.2) is 97.2 Å². The van der Waals surface area contributed by atoms with Crippen LogP contribution in [-0.2, 0) is 32.7 Å². The number of rotatable bonds is 41. The van der Waals surface area contributed by atoms with Gasteiger partial charge in [0.1, 0.15) is 6.61 Å². The molecule has 0 aromatic rings. The van der Waals surface area contributed by atoms with Crippen molar-refractivity contribution < 1.29 is 47.8 Å². The lowest BCUT2D eigenvalue weighted by Crippen LogP contribution is -2.29. The summed E-state index contributed by atoms with van der Waals surface area (Å²) >= 11 is 0. The number of carbonyl (C=O) groups excluding carboxylic acids is 2. The zero-order valence-electron chi connectivity index (χ0n) is 37.6. The molecule has 12 heteroatoms. The summed E-state index contributed by atoms with van der Waals surface area (Å²) < 4.78 is 32.7. The predicted octanol–water partition coefficient (Wildman–Crippen LogP) is 11.3. The van der Waals surface area contributed by atoms with Crippen LogP contribution in [0.5, 0.6) is 0 Å². The molecule has 0 saturated heterocycles. The number of phosphoric ester groups is 1. The van der Waals surface area contributed by atoms with Gasteiger partial charge in [0, 0.05) is 19.4 Å². The first-order chi connectivity index (χ1) is 29.6. The topological polar surface area (TPSA) is 175 Å². The highest BCUT2D eigenvalue weighted by molar-refractivity contribution is 7.47. The van der Waals surface area contributed by atoms with E-state index >= 15 is 0 Å². The number of aliphatic hydroxyl groups excluding tert-OH is 2. The minimum atomic E-state index is -4.44. The number of unbranched alkanes of at least 4 members (excludes halogenated alkanes) is 12. The molecule has 0 rings (SSSR count). The van der Waals surface area contributed by atoms with E-state index < -0.39 is 44.7 Å². The van der Waals surface area contributed by atoms with Crippen molar-refractivity contribution in [3.8, 4) is 0 Å². The first-order valence-corrected chi connectivity index (χ1v) is 24.4. The Morgan fingerprint density at radius 1 is 0.590 bits per heavy atom. The summed E-state index contributed by atoms with van der Waals surface area (Å²) in [5.41, 5.74) is 5.34. The Hall–Kier alpha value is -3.15. The van der Waals surface area contributed by atoms with E-state index in [9.17, 15) is 29.3 Å². The Morgan fingerprint density at radius 2 is 1.11 bits per heavy atom. The zero-order chi connectivity index (χ0) is 44.9. The highest BCUT2D eigenvalue weighted by atomic mass is 31.2. The summed E-state index contributed by atoms with van der Waals surface area (Å²) in [5.74, 6) is -1.01. The standard InChI is InChI=1S/C49H82NO10P/c1-3-5-7-8-9-10-11-12-13-14-15-16-17-18-19-20-21-25-33-39-48(53)57-43-47(44-59-61(55,56)58-42-41-50)60-49(54)40-34-26-23-22-24-30-36-46(52)38-32-28-27-31-37-45(51)35-29-6-4-2/h6,9-10,12-13,23-24,26-32,37-38,45-47,51-52H,3-5,7-8,11,14-22,25,33-36,39-44,50H2,1-2H3,(H,55,56)/b10-9-,13-12-,26-23-,28-27-,29-6-,30-24-,37-31+,38-32+/t45-,46+,47+/m0/s1. The molecule has 5 N–H and O–H groups in total. The summed E-state index contributed by atoms with van der Waals surface area (Å²) in [5, 5.41) is 20.0. The number of hydrogen-bond donors (Lipinski definition) is 4. The molecular formula is C49H82NO10P. The molecule has 0 bridgehead atoms. The third-order valence-corrected chi connectivity index (χ3v) is 10.1. The number of ether oxygens (including phenoxy) is 2. The molecule has 0 aromatic carbocycles. The smallest absolute Gasteiger partial charge is 0.462 e. The van der Waals surface area contributed by atoms with E-state index in [0.717, 1.165) is 38.5 Å². The first kappa shape index (κ1) is 57.9. The van der Waals surface area contributed by atoms with Crippen molar-refractivity contribution in [1.29, 1.82) is 0 Å². The first-order valence-electron chi connectivity index (χ1n) is 22.9. The van der Waals surface area contributed by atoms with Crippen molar-refractivity contribution in [2.24, 2.45) is 5.73 Å². The Labute approximate surface area is 369 Å². The minimum absolute atomic E-state index is 0.0180. The average molecular weight is 876 g/mol. The maximum atomic E-state index is 12.6. The summed E-state index contributed by atoms with van der Waals surface area (Å²) in [6.45, 7) is 3.29. The molecule has 0 aromatic heterocycles. The van der Waals surface area contributed by atoms with Crippen LogP contribution in [0, 0.1) is 0 Å². The number of nitrogens with two attached hydrogens (primary N) is 1. The lowest BCUT2D eigenvalue weighted by Gasteiger charge is -2.19. The molecule has 0 spiro atoms. The molecule has 61 heavy (non-hydrogen) atoms. The molecule has 0 fully saturated rings. The Balaban J connectivity index is 4.37. The van der Waals surface area contributed by atoms with Gasteiger partial charge in [-0.25, -0.2) is 4.57 Å². The van der Waals surface area contributed by atoms with Crippen molar-refractivity contribution in [3.63, 3.8) is 0 Å². The van der Waals surface area contributed by atoms with Gasteiger partial charge in [-0.1, -0.05) is 169 Å². The molecule has 0 amide bonds. The molecule has 0 saturated carbocycles. The van der Waals surface area contributed by atoms with Gasteiger partial charge in [0.25, 0.3) is 0 Å². The Kier molecular flexibility index (Phi) is 41.3. The van der Waals surface area contributed by atoms with Gasteiger partial charge >= 0.3 is 19.8 Å². The molecule has 4 atom stereocenters. The van der Waals surface area contributed by atoms with Crippen LogP contribution in [0.3, 0.4) is 0 Å². The molecule has 11 nitrogen and oxygen atoms in total. The van der Waals surface area contributed by atoms with Gasteiger partial charge in [-0.3, -0.25) is 18.6 Å². The van der Waals surface area contributed by atoms with Gasteiger partial charge in [0.15, 0.2) is 6.10 Å². The van der Waals surface area contributed by atoms with Crippen molar-refractivity contribution in [2.45, 2.75) is 173 Å². The second-order valence-corrected chi connectivity index (χ2v) is 16.4. The van der Waals surface area contributed by atoms with E-state index in [1.54, 1.807) is 36.5 Å². The number of esters is 2. The fourth-order valence-electron chi connectivity index (χ4n) is 5.69. The molecule has 0 aliphatic carbocycles. The van der Waals surface area contributed by atoms with E-state index in [1.165, 1.54) is 57.8 Å². The summed E-state index contributed by atoms with van der Waals surface area (Å²) in [6.07, 6.45) is 49.4. The van der Waals surface area contributed by atoms with Crippen molar-refractivity contribution >= 4 is 19.8 Å². The van der Waals surface area contributed by atoms with Gasteiger partial charge in [0.05, 0.1) is 25.4 Å². The molecule has 0 aliphatic heterocycles. The molecule has 0 heterocycles. The third-order valence-electron chi connectivity index (χ3n) is 9.13. The number of phosphoric acid groups is 1. The van der Waals surface area contributed by atoms with Crippen LogP contribution in [0.1, 0.15) is 155 Å². The number of hydrogen-bond acceptors (Lipinski definition) is 10. The van der Waals surface area contributed by atoms with Crippen LogP contribution in [0.4, 0.5) is 0 Å². The Morgan fingerprint density at radius 3 is 1.69 bits per heavy atom. The number of allylic oxidation sites excluding steroid dienone is 12. The van der Waals surface area contributed by atoms with Gasteiger partial charge in [-0.15, -0.1) is 0 Å². The van der Waals surface area contributed by atoms with E-state index in [1.807, 2.05) is 43.4 Å². The second-order valence-electron chi connectivity index (χ2n) is 14.9. The van der Waals surface area contributed by atoms with Crippen LogP contribution >= 0.6 is 7.82 Å². The van der Waals surface area contributed by atoms with Crippen LogP contribution in [-0.4, -0.2) is 71.7 Å². The molecule has 0 aliphatic rings. The van der Waals surface area contributed by atoms with Gasteiger partial charge in [0.2, 0.25) is 0 Å². The van der Waals surface area contributed by atoms with E-state index in [0.29, 0.717) is 32.1 Å². The number of carbonyl (C=O) groups is 2. The summed E-state index contributed by atoms with van der Waals surface area (Å²) in [4.78, 5) is 34.9. The molecule has 1 unspecified atom stereocenters. The normalized spacial score (nSPS) is 15.2. The zero-order valence-corrected chi connectivity index (χ0v) is 38.5. The fourth-order valence-corrected chi connectivity index (χ4v) is 6.45. The predicted molar refractivity (Wildman–Crippen MR) is 250 cm³/mol. The van der Waals surface area contributed by atoms with Gasteiger partial charge in [-0.05, 0) is 70.6 Å². The fraction of sp³-hybridized carbons (Fsp3) is 0.633. The summed E-state index contributed by atoms with van der Waals surface area (Å²) in [6, 6.07) is 0. The van der Waals surface area contributed by atoms with E-state index in [-0.39, 0.29) is 32.6 Å². The average Bonchev–Trinajstić information content (AvgIpc) is 3.24. The quantitative estimate of drug-likeness (QED) is 0.0151. The lowest BCUT2D eigenvalue weighted by molar-refractivity contribution is -0.161. The molecule has 348 valence electrons. The van der Waals surface area contributed by atoms with Crippen molar-refractivity contribution in [3.05, 3.63) is 97.2 Å². The lowest BCUT2D eigenvalue weighted by atomic mass is 10.1. The van der Waals surface area contributed by atoms with Gasteiger partial charge < -0.3 is 30.3 Å². The van der Waals surface area contributed by atoms with E-state index in [2.05, 4.69) is 31.2 Å².